The predicted octanol–water partition coefficient (Wildman–Crippen LogP) is 3.59. The van der Waals surface area contributed by atoms with E-state index in [1.165, 1.54) is 5.56 Å². The monoisotopic (exact) mass is 419 g/mol. The molecule has 162 valence electrons. The largest absolute Gasteiger partial charge is 0.491 e. The van der Waals surface area contributed by atoms with Gasteiger partial charge in [0.25, 0.3) is 0 Å². The maximum Gasteiger partial charge on any atom is 0.223 e. The van der Waals surface area contributed by atoms with E-state index >= 15 is 0 Å². The number of rotatable bonds is 8. The number of carbonyl (C=O) groups excluding carboxylic acids is 1. The second-order valence-electron chi connectivity index (χ2n) is 8.27. The minimum Gasteiger partial charge on any atom is -0.491 e. The minimum absolute atomic E-state index is 0.00674. The van der Waals surface area contributed by atoms with Gasteiger partial charge in [0.15, 0.2) is 0 Å². The summed E-state index contributed by atoms with van der Waals surface area (Å²) >= 11 is 0. The Morgan fingerprint density at radius 2 is 2.06 bits per heavy atom. The van der Waals surface area contributed by atoms with Crippen molar-refractivity contribution in [1.82, 2.24) is 14.5 Å². The highest BCUT2D eigenvalue weighted by Gasteiger charge is 2.33. The lowest BCUT2D eigenvalue weighted by Crippen LogP contribution is -2.26. The van der Waals surface area contributed by atoms with Crippen LogP contribution in [-0.2, 0) is 11.3 Å². The van der Waals surface area contributed by atoms with Gasteiger partial charge < -0.3 is 19.3 Å². The van der Waals surface area contributed by atoms with Gasteiger partial charge in [-0.1, -0.05) is 24.3 Å². The van der Waals surface area contributed by atoms with E-state index in [0.717, 1.165) is 28.2 Å². The number of hydrogen-bond acceptors (Lipinski definition) is 4. The number of ether oxygens (including phenoxy) is 1. The molecule has 1 aliphatic heterocycles. The number of fused-ring (bicyclic) bond motifs is 1. The van der Waals surface area contributed by atoms with Gasteiger partial charge in [-0.3, -0.25) is 4.79 Å². The average Bonchev–Trinajstić information content (AvgIpc) is 3.30. The van der Waals surface area contributed by atoms with Gasteiger partial charge in [-0.15, -0.1) is 6.58 Å². The summed E-state index contributed by atoms with van der Waals surface area (Å²) in [7, 11) is 0. The quantitative estimate of drug-likeness (QED) is 0.567. The zero-order chi connectivity index (χ0) is 22.0. The molecule has 2 aromatic carbocycles. The summed E-state index contributed by atoms with van der Waals surface area (Å²) in [5, 5.41) is 10.8. The van der Waals surface area contributed by atoms with Crippen LogP contribution in [0.5, 0.6) is 5.75 Å². The number of para-hydroxylation sites is 2. The van der Waals surface area contributed by atoms with E-state index in [2.05, 4.69) is 13.5 Å². The standard InChI is InChI=1S/C25H29N3O3/c1-4-11-27-14-19(13-24(27)30)25-26-22-7-5-6-8-23(22)28(25)15-20(29)16-31-21-10-9-17(2)18(3)12-21/h4-10,12,19-20,29H,1,11,13-16H2,2-3H3/t19-,20-/m1/s1. The van der Waals surface area contributed by atoms with Crippen molar-refractivity contribution >= 4 is 16.9 Å². The fourth-order valence-electron chi connectivity index (χ4n) is 4.13. The third-order valence-corrected chi connectivity index (χ3v) is 5.93. The van der Waals surface area contributed by atoms with Crippen molar-refractivity contribution in [2.45, 2.75) is 38.8 Å². The van der Waals surface area contributed by atoms with Crippen LogP contribution in [0.2, 0.25) is 0 Å². The molecular weight excluding hydrogens is 390 g/mol. The Morgan fingerprint density at radius 1 is 1.26 bits per heavy atom. The molecule has 6 nitrogen and oxygen atoms in total. The fraction of sp³-hybridized carbons (Fsp3) is 0.360. The molecule has 2 heterocycles. The van der Waals surface area contributed by atoms with Crippen molar-refractivity contribution in [3.8, 4) is 5.75 Å². The van der Waals surface area contributed by atoms with Gasteiger partial charge in [-0.05, 0) is 49.2 Å². The second kappa shape index (κ2) is 8.94. The van der Waals surface area contributed by atoms with E-state index in [4.69, 9.17) is 9.72 Å². The maximum absolute atomic E-state index is 12.4. The maximum atomic E-state index is 12.4. The van der Waals surface area contributed by atoms with Crippen LogP contribution < -0.4 is 4.74 Å². The Balaban J connectivity index is 1.53. The summed E-state index contributed by atoms with van der Waals surface area (Å²) in [5.74, 6) is 1.69. The van der Waals surface area contributed by atoms with Crippen LogP contribution in [0.15, 0.2) is 55.1 Å². The molecule has 3 aromatic rings. The molecule has 0 bridgehead atoms. The van der Waals surface area contributed by atoms with Crippen molar-refractivity contribution < 1.29 is 14.6 Å². The van der Waals surface area contributed by atoms with Crippen LogP contribution in [0.25, 0.3) is 11.0 Å². The van der Waals surface area contributed by atoms with Gasteiger partial charge in [0, 0.05) is 25.4 Å². The van der Waals surface area contributed by atoms with Gasteiger partial charge in [0.2, 0.25) is 5.91 Å². The molecular formula is C25H29N3O3. The first-order valence-corrected chi connectivity index (χ1v) is 10.7. The molecule has 0 aliphatic carbocycles. The summed E-state index contributed by atoms with van der Waals surface area (Å²) in [6.45, 7) is 9.54. The molecule has 1 saturated heterocycles. The van der Waals surface area contributed by atoms with Crippen LogP contribution in [0.1, 0.15) is 29.3 Å². The van der Waals surface area contributed by atoms with Gasteiger partial charge in [-0.25, -0.2) is 4.98 Å². The fourth-order valence-corrected chi connectivity index (χ4v) is 4.13. The molecule has 0 unspecified atom stereocenters. The number of hydrogen-bond donors (Lipinski definition) is 1. The summed E-state index contributed by atoms with van der Waals surface area (Å²) in [6.07, 6.45) is 1.46. The van der Waals surface area contributed by atoms with Gasteiger partial charge in [-0.2, -0.15) is 0 Å². The number of carbonyl (C=O) groups is 1. The number of benzene rings is 2. The van der Waals surface area contributed by atoms with E-state index < -0.39 is 6.10 Å². The highest BCUT2D eigenvalue weighted by Crippen LogP contribution is 2.30. The number of amides is 1. The molecule has 4 rings (SSSR count). The Hall–Kier alpha value is -3.12. The normalized spacial score (nSPS) is 17.3. The molecule has 2 atom stereocenters. The highest BCUT2D eigenvalue weighted by atomic mass is 16.5. The number of nitrogens with zero attached hydrogens (tertiary/aromatic N) is 3. The van der Waals surface area contributed by atoms with Crippen molar-refractivity contribution in [2.24, 2.45) is 0 Å². The van der Waals surface area contributed by atoms with Crippen molar-refractivity contribution in [1.29, 1.82) is 0 Å². The first-order chi connectivity index (χ1) is 15.0. The zero-order valence-electron chi connectivity index (χ0n) is 18.1. The number of aliphatic hydroxyl groups is 1. The number of likely N-dealkylation sites (tertiary alicyclic amines) is 1. The number of aryl methyl sites for hydroxylation is 2. The van der Waals surface area contributed by atoms with Gasteiger partial charge in [0.05, 0.1) is 17.6 Å². The van der Waals surface area contributed by atoms with Crippen LogP contribution >= 0.6 is 0 Å². The number of imidazole rings is 1. The average molecular weight is 420 g/mol. The lowest BCUT2D eigenvalue weighted by Gasteiger charge is -2.18. The Kier molecular flexibility index (Phi) is 6.09. The lowest BCUT2D eigenvalue weighted by atomic mass is 10.1. The van der Waals surface area contributed by atoms with Crippen molar-refractivity contribution in [2.75, 3.05) is 19.7 Å². The summed E-state index contributed by atoms with van der Waals surface area (Å²) < 4.78 is 7.88. The highest BCUT2D eigenvalue weighted by molar-refractivity contribution is 5.81. The molecule has 1 amide bonds. The molecule has 1 fully saturated rings. The van der Waals surface area contributed by atoms with Crippen LogP contribution in [0.3, 0.4) is 0 Å². The molecule has 0 saturated carbocycles. The smallest absolute Gasteiger partial charge is 0.223 e. The van der Waals surface area contributed by atoms with Gasteiger partial charge in [0.1, 0.15) is 24.3 Å². The zero-order valence-corrected chi connectivity index (χ0v) is 18.1. The SMILES string of the molecule is C=CCN1C[C@H](c2nc3ccccc3n2C[C@@H](O)COc2ccc(C)c(C)c2)CC1=O. The molecule has 1 N–H and O–H groups in total. The first kappa shape index (κ1) is 21.1. The predicted molar refractivity (Wildman–Crippen MR) is 121 cm³/mol. The van der Waals surface area contributed by atoms with E-state index in [1.54, 1.807) is 11.0 Å². The van der Waals surface area contributed by atoms with E-state index in [0.29, 0.717) is 26.1 Å². The van der Waals surface area contributed by atoms with Crippen LogP contribution in [0, 0.1) is 13.8 Å². The summed E-state index contributed by atoms with van der Waals surface area (Å²) in [5.41, 5.74) is 4.19. The first-order valence-electron chi connectivity index (χ1n) is 10.7. The van der Waals surface area contributed by atoms with Gasteiger partial charge >= 0.3 is 0 Å². The number of aromatic nitrogens is 2. The van der Waals surface area contributed by atoms with Crippen molar-refractivity contribution in [3.05, 3.63) is 72.1 Å². The van der Waals surface area contributed by atoms with E-state index in [-0.39, 0.29) is 18.4 Å². The molecule has 1 aliphatic rings. The van der Waals surface area contributed by atoms with E-state index in [1.807, 2.05) is 54.0 Å². The number of aliphatic hydroxyl groups excluding tert-OH is 1. The molecule has 1 aromatic heterocycles. The third kappa shape index (κ3) is 4.49. The topological polar surface area (TPSA) is 67.6 Å². The summed E-state index contributed by atoms with van der Waals surface area (Å²) in [6, 6.07) is 13.8. The van der Waals surface area contributed by atoms with Crippen LogP contribution in [0.4, 0.5) is 0 Å². The van der Waals surface area contributed by atoms with Crippen LogP contribution in [-0.4, -0.2) is 51.3 Å². The van der Waals surface area contributed by atoms with Crippen molar-refractivity contribution in [3.63, 3.8) is 0 Å². The third-order valence-electron chi connectivity index (χ3n) is 5.93. The minimum atomic E-state index is -0.709. The summed E-state index contributed by atoms with van der Waals surface area (Å²) in [4.78, 5) is 19.0. The second-order valence-corrected chi connectivity index (χ2v) is 8.27. The Labute approximate surface area is 182 Å². The molecule has 31 heavy (non-hydrogen) atoms. The Bertz CT molecular complexity index is 1100. The molecule has 0 spiro atoms. The van der Waals surface area contributed by atoms with E-state index in [9.17, 15) is 9.90 Å². The Morgan fingerprint density at radius 3 is 2.84 bits per heavy atom. The molecule has 6 heteroatoms. The molecule has 0 radical (unpaired) electrons. The lowest BCUT2D eigenvalue weighted by molar-refractivity contribution is -0.127.